The van der Waals surface area contributed by atoms with Crippen LogP contribution in [0.25, 0.3) is 4.96 Å². The third-order valence-electron chi connectivity index (χ3n) is 4.63. The lowest BCUT2D eigenvalue weighted by molar-refractivity contribution is 0.301. The van der Waals surface area contributed by atoms with Crippen LogP contribution in [0.2, 0.25) is 0 Å². The Labute approximate surface area is 161 Å². The molecule has 0 radical (unpaired) electrons. The Hall–Kier alpha value is -2.04. The van der Waals surface area contributed by atoms with E-state index in [1.165, 1.54) is 21.9 Å². The van der Waals surface area contributed by atoms with Gasteiger partial charge in [-0.05, 0) is 37.5 Å². The summed E-state index contributed by atoms with van der Waals surface area (Å²) in [5.74, 6) is 1.52. The van der Waals surface area contributed by atoms with E-state index in [0.29, 0.717) is 24.7 Å². The summed E-state index contributed by atoms with van der Waals surface area (Å²) >= 11 is 1.43. The highest BCUT2D eigenvalue weighted by Gasteiger charge is 2.30. The van der Waals surface area contributed by atoms with E-state index in [9.17, 15) is 8.42 Å². The Morgan fingerprint density at radius 1 is 1.33 bits per heavy atom. The number of rotatable bonds is 5. The molecule has 1 saturated heterocycles. The molecule has 1 atom stereocenters. The maximum atomic E-state index is 11.9. The van der Waals surface area contributed by atoms with Crippen molar-refractivity contribution in [3.8, 4) is 5.75 Å². The first-order valence-corrected chi connectivity index (χ1v) is 11.4. The summed E-state index contributed by atoms with van der Waals surface area (Å²) in [5.41, 5.74) is 1.14. The molecule has 8 nitrogen and oxygen atoms in total. The first kappa shape index (κ1) is 18.3. The van der Waals surface area contributed by atoms with E-state index in [0.717, 1.165) is 35.0 Å². The summed E-state index contributed by atoms with van der Waals surface area (Å²) in [6.07, 6.45) is 2.93. The lowest BCUT2D eigenvalue weighted by Crippen LogP contribution is -2.38. The molecule has 0 bridgehead atoms. The molecule has 0 aliphatic carbocycles. The van der Waals surface area contributed by atoms with Crippen molar-refractivity contribution in [1.82, 2.24) is 24.1 Å². The van der Waals surface area contributed by atoms with E-state index in [1.54, 1.807) is 4.52 Å². The molecule has 1 aliphatic heterocycles. The third kappa shape index (κ3) is 3.97. The van der Waals surface area contributed by atoms with Crippen molar-refractivity contribution in [3.63, 3.8) is 0 Å². The van der Waals surface area contributed by atoms with Crippen molar-refractivity contribution in [2.24, 2.45) is 0 Å². The Morgan fingerprint density at radius 2 is 2.19 bits per heavy atom. The molecule has 0 saturated carbocycles. The molecule has 1 fully saturated rings. The smallest absolute Gasteiger partial charge is 0.234 e. The number of benzene rings is 1. The lowest BCUT2D eigenvalue weighted by Gasteiger charge is -2.29. The van der Waals surface area contributed by atoms with Crippen LogP contribution in [-0.4, -0.2) is 51.9 Å². The first-order valence-electron chi connectivity index (χ1n) is 8.76. The molecule has 1 aromatic carbocycles. The fourth-order valence-corrected chi connectivity index (χ4v) is 4.95. The molecule has 144 valence electrons. The fourth-order valence-electron chi connectivity index (χ4n) is 3.29. The number of nitrogens with zero attached hydrogens (tertiary/aromatic N) is 5. The van der Waals surface area contributed by atoms with Crippen LogP contribution >= 0.6 is 11.3 Å². The van der Waals surface area contributed by atoms with Gasteiger partial charge >= 0.3 is 0 Å². The maximum Gasteiger partial charge on any atom is 0.234 e. The minimum Gasteiger partial charge on any atom is -0.486 e. The molecule has 0 amide bonds. The van der Waals surface area contributed by atoms with Gasteiger partial charge in [0.15, 0.2) is 10.8 Å². The summed E-state index contributed by atoms with van der Waals surface area (Å²) in [5, 5.41) is 13.9. The van der Waals surface area contributed by atoms with Crippen LogP contribution in [0, 0.1) is 6.92 Å². The van der Waals surface area contributed by atoms with E-state index in [1.807, 2.05) is 31.2 Å². The standard InChI is InChI=1S/C17H21N5O3S2/c1-12-5-3-7-14(9-12)25-11-15-20-22-16(18-19-17(22)26-15)13-6-4-8-21(10-13)27(2,23)24/h3,5,7,9,13H,4,6,8,10-11H2,1-2H3/t13-/m0/s1. The molecule has 3 aromatic rings. The molecule has 0 unspecified atom stereocenters. The van der Waals surface area contributed by atoms with Gasteiger partial charge in [-0.2, -0.15) is 9.61 Å². The van der Waals surface area contributed by atoms with Crippen molar-refractivity contribution in [1.29, 1.82) is 0 Å². The average Bonchev–Trinajstić information content (AvgIpc) is 3.19. The van der Waals surface area contributed by atoms with Gasteiger partial charge in [0.05, 0.1) is 6.26 Å². The molecule has 0 N–H and O–H groups in total. The molecule has 0 spiro atoms. The van der Waals surface area contributed by atoms with Crippen LogP contribution in [0.3, 0.4) is 0 Å². The highest BCUT2D eigenvalue weighted by atomic mass is 32.2. The number of piperidine rings is 1. The minimum atomic E-state index is -3.20. The molecular weight excluding hydrogens is 386 g/mol. The Kier molecular flexibility index (Phi) is 4.87. The zero-order chi connectivity index (χ0) is 19.0. The van der Waals surface area contributed by atoms with Crippen LogP contribution < -0.4 is 4.74 Å². The van der Waals surface area contributed by atoms with Gasteiger partial charge in [-0.25, -0.2) is 12.7 Å². The van der Waals surface area contributed by atoms with Crippen molar-refractivity contribution in [2.45, 2.75) is 32.3 Å². The fraction of sp³-hybridized carbons (Fsp3) is 0.471. The van der Waals surface area contributed by atoms with Crippen LogP contribution in [0.4, 0.5) is 0 Å². The SMILES string of the molecule is Cc1cccc(OCc2nn3c([C@H]4CCCN(S(C)(=O)=O)C4)nnc3s2)c1. The molecule has 2 aromatic heterocycles. The number of ether oxygens (including phenoxy) is 1. The maximum absolute atomic E-state index is 11.9. The summed E-state index contributed by atoms with van der Waals surface area (Å²) in [7, 11) is -3.20. The van der Waals surface area contributed by atoms with Crippen molar-refractivity contribution in [2.75, 3.05) is 19.3 Å². The second kappa shape index (κ2) is 7.17. The van der Waals surface area contributed by atoms with E-state index in [2.05, 4.69) is 15.3 Å². The number of fused-ring (bicyclic) bond motifs is 1. The van der Waals surface area contributed by atoms with Gasteiger partial charge in [0.1, 0.15) is 12.4 Å². The quantitative estimate of drug-likeness (QED) is 0.644. The van der Waals surface area contributed by atoms with E-state index in [-0.39, 0.29) is 5.92 Å². The molecular formula is C17H21N5O3S2. The summed E-state index contributed by atoms with van der Waals surface area (Å²) in [4.78, 5) is 0.698. The minimum absolute atomic E-state index is 0.00360. The van der Waals surface area contributed by atoms with Crippen molar-refractivity contribution in [3.05, 3.63) is 40.7 Å². The Balaban J connectivity index is 1.52. The number of aromatic nitrogens is 4. The summed E-state index contributed by atoms with van der Waals surface area (Å²) in [6.45, 7) is 3.36. The molecule has 1 aliphatic rings. The van der Waals surface area contributed by atoms with Crippen LogP contribution in [-0.2, 0) is 16.6 Å². The number of hydrogen-bond acceptors (Lipinski definition) is 7. The predicted octanol–water partition coefficient (Wildman–Crippen LogP) is 2.21. The van der Waals surface area contributed by atoms with Gasteiger partial charge < -0.3 is 4.74 Å². The van der Waals surface area contributed by atoms with Gasteiger partial charge in [0, 0.05) is 19.0 Å². The third-order valence-corrected chi connectivity index (χ3v) is 6.77. The summed E-state index contributed by atoms with van der Waals surface area (Å²) < 4.78 is 32.8. The monoisotopic (exact) mass is 407 g/mol. The number of hydrogen-bond donors (Lipinski definition) is 0. The van der Waals surface area contributed by atoms with Gasteiger partial charge in [-0.15, -0.1) is 10.2 Å². The highest BCUT2D eigenvalue weighted by molar-refractivity contribution is 7.88. The van der Waals surface area contributed by atoms with Crippen LogP contribution in [0.15, 0.2) is 24.3 Å². The second-order valence-corrected chi connectivity index (χ2v) is 9.84. The zero-order valence-electron chi connectivity index (χ0n) is 15.2. The van der Waals surface area contributed by atoms with Crippen molar-refractivity contribution < 1.29 is 13.2 Å². The average molecular weight is 408 g/mol. The highest BCUT2D eigenvalue weighted by Crippen LogP contribution is 2.28. The van der Waals surface area contributed by atoms with Crippen molar-refractivity contribution >= 4 is 26.3 Å². The largest absolute Gasteiger partial charge is 0.486 e. The van der Waals surface area contributed by atoms with Crippen LogP contribution in [0.5, 0.6) is 5.75 Å². The molecule has 3 heterocycles. The van der Waals surface area contributed by atoms with E-state index >= 15 is 0 Å². The van der Waals surface area contributed by atoms with E-state index in [4.69, 9.17) is 4.74 Å². The zero-order valence-corrected chi connectivity index (χ0v) is 16.8. The molecule has 10 heteroatoms. The van der Waals surface area contributed by atoms with Crippen LogP contribution in [0.1, 0.15) is 35.2 Å². The van der Waals surface area contributed by atoms with Gasteiger partial charge in [0.2, 0.25) is 15.0 Å². The topological polar surface area (TPSA) is 89.7 Å². The first-order chi connectivity index (χ1) is 12.9. The number of aryl methyl sites for hydroxylation is 1. The molecule has 27 heavy (non-hydrogen) atoms. The lowest BCUT2D eigenvalue weighted by atomic mass is 9.99. The van der Waals surface area contributed by atoms with Gasteiger partial charge in [-0.3, -0.25) is 0 Å². The normalized spacial score (nSPS) is 18.8. The number of sulfonamides is 1. The summed E-state index contributed by atoms with van der Waals surface area (Å²) in [6, 6.07) is 7.87. The molecule has 4 rings (SSSR count). The van der Waals surface area contributed by atoms with Gasteiger partial charge in [-0.1, -0.05) is 23.5 Å². The van der Waals surface area contributed by atoms with Gasteiger partial charge in [0.25, 0.3) is 0 Å². The predicted molar refractivity (Wildman–Crippen MR) is 103 cm³/mol. The Morgan fingerprint density at radius 3 is 2.96 bits per heavy atom. The van der Waals surface area contributed by atoms with E-state index < -0.39 is 10.0 Å². The Bertz CT molecular complexity index is 1060. The second-order valence-electron chi connectivity index (χ2n) is 6.81.